The van der Waals surface area contributed by atoms with Crippen molar-refractivity contribution >= 4 is 6.09 Å². The van der Waals surface area contributed by atoms with Crippen LogP contribution in [0, 0.1) is 5.41 Å². The second-order valence-corrected chi connectivity index (χ2v) is 6.11. The highest BCUT2D eigenvalue weighted by atomic mass is 16.6. The molecule has 0 rings (SSSR count). The lowest BCUT2D eigenvalue weighted by atomic mass is 9.89. The highest BCUT2D eigenvalue weighted by Gasteiger charge is 2.09. The molecule has 0 aromatic heterocycles. The number of nitrogens with two attached hydrogens (primary N) is 1. The molecule has 0 saturated carbocycles. The first kappa shape index (κ1) is 16.3. The lowest BCUT2D eigenvalue weighted by molar-refractivity contribution is 0.110. The van der Waals surface area contributed by atoms with Crippen molar-refractivity contribution in [2.75, 3.05) is 0 Å². The van der Waals surface area contributed by atoms with Crippen molar-refractivity contribution < 1.29 is 9.53 Å². The Kier molecular flexibility index (Phi) is 8.01. The Morgan fingerprint density at radius 2 is 1.65 bits per heavy atom. The van der Waals surface area contributed by atoms with Crippen LogP contribution in [0.4, 0.5) is 4.79 Å². The minimum absolute atomic E-state index is 0.0397. The van der Waals surface area contributed by atoms with Gasteiger partial charge in [0, 0.05) is 0 Å². The quantitative estimate of drug-likeness (QED) is 0.648. The van der Waals surface area contributed by atoms with E-state index in [1.165, 1.54) is 32.1 Å². The molecule has 0 radical (unpaired) electrons. The molecule has 0 aliphatic heterocycles. The second-order valence-electron chi connectivity index (χ2n) is 6.11. The van der Waals surface area contributed by atoms with E-state index in [4.69, 9.17) is 10.5 Å². The van der Waals surface area contributed by atoms with Crippen LogP contribution in [0.25, 0.3) is 0 Å². The molecule has 0 heterocycles. The molecule has 3 nitrogen and oxygen atoms in total. The van der Waals surface area contributed by atoms with Crippen LogP contribution in [0.1, 0.15) is 72.6 Å². The van der Waals surface area contributed by atoms with Crippen LogP contribution < -0.4 is 5.73 Å². The first-order valence-corrected chi connectivity index (χ1v) is 6.77. The summed E-state index contributed by atoms with van der Waals surface area (Å²) in [5.74, 6) is 0. The van der Waals surface area contributed by atoms with Crippen molar-refractivity contribution in [3.05, 3.63) is 0 Å². The smallest absolute Gasteiger partial charge is 0.404 e. The van der Waals surface area contributed by atoms with E-state index in [-0.39, 0.29) is 6.10 Å². The number of amides is 1. The van der Waals surface area contributed by atoms with Gasteiger partial charge in [-0.05, 0) is 31.6 Å². The van der Waals surface area contributed by atoms with E-state index in [2.05, 4.69) is 20.8 Å². The molecule has 0 bridgehead atoms. The maximum atomic E-state index is 10.5. The van der Waals surface area contributed by atoms with E-state index in [0.29, 0.717) is 5.41 Å². The normalized spacial score (nSPS) is 13.4. The van der Waals surface area contributed by atoms with E-state index >= 15 is 0 Å². The summed E-state index contributed by atoms with van der Waals surface area (Å²) in [5.41, 5.74) is 5.41. The van der Waals surface area contributed by atoms with Gasteiger partial charge < -0.3 is 10.5 Å². The number of primary amides is 1. The van der Waals surface area contributed by atoms with Crippen LogP contribution in [0.5, 0.6) is 0 Å². The highest BCUT2D eigenvalue weighted by molar-refractivity contribution is 5.64. The molecule has 102 valence electrons. The van der Waals surface area contributed by atoms with Crippen molar-refractivity contribution in [2.45, 2.75) is 78.7 Å². The van der Waals surface area contributed by atoms with Crippen LogP contribution in [-0.2, 0) is 4.74 Å². The summed E-state index contributed by atoms with van der Waals surface area (Å²) in [6.45, 7) is 8.76. The molecule has 2 N–H and O–H groups in total. The number of carbonyl (C=O) groups is 1. The SMILES string of the molecule is CC(CCCCCCCC(C)(C)C)OC(N)=O. The molecule has 1 unspecified atom stereocenters. The standard InChI is InChI=1S/C14H29NO2/c1-12(17-13(15)16)10-8-6-5-7-9-11-14(2,3)4/h12H,5-11H2,1-4H3,(H2,15,16). The Morgan fingerprint density at radius 3 is 2.18 bits per heavy atom. The lowest BCUT2D eigenvalue weighted by Crippen LogP contribution is -2.20. The number of unbranched alkanes of at least 4 members (excludes halogenated alkanes) is 4. The molecule has 0 saturated heterocycles. The van der Waals surface area contributed by atoms with Crippen LogP contribution in [0.3, 0.4) is 0 Å². The average Bonchev–Trinajstić information content (AvgIpc) is 2.13. The fourth-order valence-corrected chi connectivity index (χ4v) is 1.87. The summed E-state index contributed by atoms with van der Waals surface area (Å²) in [6, 6.07) is 0. The molecule has 3 heteroatoms. The largest absolute Gasteiger partial charge is 0.447 e. The zero-order chi connectivity index (χ0) is 13.3. The van der Waals surface area contributed by atoms with Crippen molar-refractivity contribution in [1.82, 2.24) is 0 Å². The summed E-state index contributed by atoms with van der Waals surface area (Å²) in [6.07, 6.45) is 7.75. The topological polar surface area (TPSA) is 52.3 Å². The van der Waals surface area contributed by atoms with Gasteiger partial charge in [0.1, 0.15) is 6.10 Å². The molecular weight excluding hydrogens is 214 g/mol. The minimum Gasteiger partial charge on any atom is -0.447 e. The van der Waals surface area contributed by atoms with Crippen molar-refractivity contribution in [1.29, 1.82) is 0 Å². The molecule has 17 heavy (non-hydrogen) atoms. The van der Waals surface area contributed by atoms with E-state index < -0.39 is 6.09 Å². The van der Waals surface area contributed by atoms with Gasteiger partial charge in [-0.1, -0.05) is 46.5 Å². The summed E-state index contributed by atoms with van der Waals surface area (Å²) < 4.78 is 4.86. The molecule has 0 aromatic carbocycles. The van der Waals surface area contributed by atoms with Crippen molar-refractivity contribution in [2.24, 2.45) is 11.1 Å². The van der Waals surface area contributed by atoms with E-state index in [1.54, 1.807) is 0 Å². The maximum absolute atomic E-state index is 10.5. The summed E-state index contributed by atoms with van der Waals surface area (Å²) in [5, 5.41) is 0. The molecule has 0 aliphatic carbocycles. The highest BCUT2D eigenvalue weighted by Crippen LogP contribution is 2.22. The first-order chi connectivity index (χ1) is 7.81. The van der Waals surface area contributed by atoms with Gasteiger partial charge in [-0.3, -0.25) is 0 Å². The summed E-state index contributed by atoms with van der Waals surface area (Å²) in [7, 11) is 0. The van der Waals surface area contributed by atoms with Gasteiger partial charge in [0.25, 0.3) is 0 Å². The Labute approximate surface area is 106 Å². The lowest BCUT2D eigenvalue weighted by Gasteiger charge is -2.17. The van der Waals surface area contributed by atoms with Crippen LogP contribution >= 0.6 is 0 Å². The van der Waals surface area contributed by atoms with Crippen molar-refractivity contribution in [3.63, 3.8) is 0 Å². The van der Waals surface area contributed by atoms with Gasteiger partial charge in [0.05, 0.1) is 0 Å². The number of hydrogen-bond acceptors (Lipinski definition) is 2. The molecule has 1 atom stereocenters. The van der Waals surface area contributed by atoms with Crippen LogP contribution in [0.15, 0.2) is 0 Å². The van der Waals surface area contributed by atoms with Gasteiger partial charge in [-0.15, -0.1) is 0 Å². The average molecular weight is 243 g/mol. The monoisotopic (exact) mass is 243 g/mol. The van der Waals surface area contributed by atoms with E-state index in [1.807, 2.05) is 6.92 Å². The van der Waals surface area contributed by atoms with E-state index in [0.717, 1.165) is 12.8 Å². The fourth-order valence-electron chi connectivity index (χ4n) is 1.87. The summed E-state index contributed by atoms with van der Waals surface area (Å²) in [4.78, 5) is 10.5. The maximum Gasteiger partial charge on any atom is 0.404 e. The Morgan fingerprint density at radius 1 is 1.12 bits per heavy atom. The molecule has 1 amide bonds. The van der Waals surface area contributed by atoms with Gasteiger partial charge in [-0.25, -0.2) is 4.79 Å². The minimum atomic E-state index is -0.664. The zero-order valence-electron chi connectivity index (χ0n) is 11.9. The summed E-state index contributed by atoms with van der Waals surface area (Å²) >= 11 is 0. The van der Waals surface area contributed by atoms with Crippen LogP contribution in [-0.4, -0.2) is 12.2 Å². The number of carbonyl (C=O) groups excluding carboxylic acids is 1. The Bertz CT molecular complexity index is 209. The van der Waals surface area contributed by atoms with Crippen molar-refractivity contribution in [3.8, 4) is 0 Å². The number of rotatable bonds is 8. The van der Waals surface area contributed by atoms with Gasteiger partial charge >= 0.3 is 6.09 Å². The van der Waals surface area contributed by atoms with Gasteiger partial charge in [-0.2, -0.15) is 0 Å². The van der Waals surface area contributed by atoms with E-state index in [9.17, 15) is 4.79 Å². The third-order valence-corrected chi connectivity index (χ3v) is 2.85. The Hall–Kier alpha value is -0.730. The third-order valence-electron chi connectivity index (χ3n) is 2.85. The predicted octanol–water partition coefficient (Wildman–Crippen LogP) is 4.25. The fraction of sp³-hybridized carbons (Fsp3) is 0.929. The first-order valence-electron chi connectivity index (χ1n) is 6.77. The molecule has 0 aromatic rings. The molecular formula is C14H29NO2. The van der Waals surface area contributed by atoms with Gasteiger partial charge in [0.2, 0.25) is 0 Å². The predicted molar refractivity (Wildman–Crippen MR) is 71.9 cm³/mol. The molecule has 0 fully saturated rings. The molecule has 0 aliphatic rings. The third kappa shape index (κ3) is 13.2. The number of hydrogen-bond donors (Lipinski definition) is 1. The second kappa shape index (κ2) is 8.37. The van der Waals surface area contributed by atoms with Crippen LogP contribution in [0.2, 0.25) is 0 Å². The zero-order valence-corrected chi connectivity index (χ0v) is 11.9. The van der Waals surface area contributed by atoms with Gasteiger partial charge in [0.15, 0.2) is 0 Å². The molecule has 0 spiro atoms. The number of ether oxygens (including phenoxy) is 1. The Balaban J connectivity index is 3.27.